The van der Waals surface area contributed by atoms with Gasteiger partial charge in [0.15, 0.2) is 15.6 Å². The van der Waals surface area contributed by atoms with Gasteiger partial charge in [-0.3, -0.25) is 9.59 Å². The first-order valence-corrected chi connectivity index (χ1v) is 11.0. The largest absolute Gasteiger partial charge is 0.325 e. The molecule has 3 rings (SSSR count). The Morgan fingerprint density at radius 2 is 1.48 bits per heavy atom. The van der Waals surface area contributed by atoms with Crippen molar-refractivity contribution in [2.24, 2.45) is 0 Å². The third-order valence-corrected chi connectivity index (χ3v) is 5.83. The minimum atomic E-state index is -3.67. The molecular weight excluding hydrogens is 410 g/mol. The number of nitrogens with one attached hydrogen (secondary N) is 1. The van der Waals surface area contributed by atoms with E-state index in [4.69, 9.17) is 11.6 Å². The number of carbonyl (C=O) groups excluding carboxylic acids is 2. The van der Waals surface area contributed by atoms with Crippen LogP contribution in [0.1, 0.15) is 21.5 Å². The second-order valence-electron chi connectivity index (χ2n) is 6.45. The van der Waals surface area contributed by atoms with Crippen LogP contribution in [0.15, 0.2) is 78.9 Å². The number of halogens is 1. The Hall–Kier alpha value is -2.96. The first-order chi connectivity index (χ1) is 13.8. The van der Waals surface area contributed by atoms with Crippen LogP contribution in [0, 0.1) is 0 Å². The summed E-state index contributed by atoms with van der Waals surface area (Å²) in [4.78, 5) is 25.2. The van der Waals surface area contributed by atoms with E-state index >= 15 is 0 Å². The third kappa shape index (κ3) is 5.76. The highest BCUT2D eigenvalue weighted by Crippen LogP contribution is 2.24. The number of hydrogen-bond acceptors (Lipinski definition) is 4. The van der Waals surface area contributed by atoms with Gasteiger partial charge in [-0.2, -0.15) is 0 Å². The van der Waals surface area contributed by atoms with Crippen LogP contribution in [0.25, 0.3) is 0 Å². The van der Waals surface area contributed by atoms with E-state index in [9.17, 15) is 18.0 Å². The van der Waals surface area contributed by atoms with Crippen molar-refractivity contribution in [2.45, 2.75) is 5.75 Å². The van der Waals surface area contributed by atoms with Gasteiger partial charge in [0.25, 0.3) is 0 Å². The Bertz CT molecular complexity index is 1130. The molecule has 0 aliphatic rings. The molecule has 29 heavy (non-hydrogen) atoms. The van der Waals surface area contributed by atoms with Crippen LogP contribution in [-0.4, -0.2) is 25.9 Å². The van der Waals surface area contributed by atoms with Gasteiger partial charge in [0.05, 0.1) is 11.4 Å². The van der Waals surface area contributed by atoms with Crippen molar-refractivity contribution >= 4 is 38.8 Å². The van der Waals surface area contributed by atoms with Gasteiger partial charge >= 0.3 is 0 Å². The summed E-state index contributed by atoms with van der Waals surface area (Å²) >= 11 is 6.02. The molecule has 148 valence electrons. The fraction of sp³-hybridized carbons (Fsp3) is 0.0909. The maximum atomic E-state index is 12.8. The third-order valence-electron chi connectivity index (χ3n) is 4.12. The molecular formula is C22H18ClNO4S. The van der Waals surface area contributed by atoms with Crippen LogP contribution in [0.3, 0.4) is 0 Å². The number of benzene rings is 3. The fourth-order valence-electron chi connectivity index (χ4n) is 2.82. The van der Waals surface area contributed by atoms with Gasteiger partial charge in [0, 0.05) is 16.1 Å². The van der Waals surface area contributed by atoms with Gasteiger partial charge < -0.3 is 5.32 Å². The molecule has 0 unspecified atom stereocenters. The lowest BCUT2D eigenvalue weighted by Gasteiger charge is -2.12. The smallest absolute Gasteiger partial charge is 0.239 e. The second kappa shape index (κ2) is 9.03. The molecule has 0 aromatic heterocycles. The first kappa shape index (κ1) is 20.8. The summed E-state index contributed by atoms with van der Waals surface area (Å²) in [6, 6.07) is 21.6. The maximum Gasteiger partial charge on any atom is 0.239 e. The molecule has 0 radical (unpaired) electrons. The standard InChI is InChI=1S/C22H18ClNO4S/c23-18-11-12-20(19(13-18)22(26)17-9-5-2-6-10-17)24-21(25)15-29(27,28)14-16-7-3-1-4-8-16/h1-13H,14-15H2,(H,24,25). The van der Waals surface area contributed by atoms with Gasteiger partial charge in [0.2, 0.25) is 5.91 Å². The van der Waals surface area contributed by atoms with Crippen LogP contribution >= 0.6 is 11.6 Å². The van der Waals surface area contributed by atoms with Gasteiger partial charge in [-0.05, 0) is 23.8 Å². The highest BCUT2D eigenvalue weighted by atomic mass is 35.5. The van der Waals surface area contributed by atoms with E-state index in [0.717, 1.165) is 0 Å². The number of amides is 1. The van der Waals surface area contributed by atoms with E-state index in [1.165, 1.54) is 18.2 Å². The molecule has 3 aromatic carbocycles. The summed E-state index contributed by atoms with van der Waals surface area (Å²) in [5.41, 5.74) is 1.44. The minimum Gasteiger partial charge on any atom is -0.325 e. The summed E-state index contributed by atoms with van der Waals surface area (Å²) in [6.45, 7) is 0. The molecule has 0 fully saturated rings. The van der Waals surface area contributed by atoms with Crippen molar-refractivity contribution in [3.05, 3.63) is 101 Å². The lowest BCUT2D eigenvalue weighted by Crippen LogP contribution is -2.25. The second-order valence-corrected chi connectivity index (χ2v) is 8.95. The molecule has 0 saturated heterocycles. The van der Waals surface area contributed by atoms with E-state index in [-0.39, 0.29) is 22.8 Å². The molecule has 3 aromatic rings. The van der Waals surface area contributed by atoms with Gasteiger partial charge in [-0.1, -0.05) is 72.3 Å². The lowest BCUT2D eigenvalue weighted by molar-refractivity contribution is -0.113. The fourth-order valence-corrected chi connectivity index (χ4v) is 4.27. The topological polar surface area (TPSA) is 80.3 Å². The summed E-state index contributed by atoms with van der Waals surface area (Å²) in [6.07, 6.45) is 0. The number of anilines is 1. The Labute approximate surface area is 174 Å². The zero-order valence-corrected chi connectivity index (χ0v) is 16.9. The van der Waals surface area contributed by atoms with Crippen molar-refractivity contribution in [3.63, 3.8) is 0 Å². The molecule has 0 aliphatic carbocycles. The summed E-state index contributed by atoms with van der Waals surface area (Å²) in [5, 5.41) is 2.87. The van der Waals surface area contributed by atoms with Crippen molar-refractivity contribution < 1.29 is 18.0 Å². The molecule has 0 spiro atoms. The molecule has 5 nitrogen and oxygen atoms in total. The van der Waals surface area contributed by atoms with Crippen LogP contribution in [0.4, 0.5) is 5.69 Å². The Balaban J connectivity index is 1.78. The van der Waals surface area contributed by atoms with Crippen LogP contribution in [0.2, 0.25) is 5.02 Å². The predicted octanol–water partition coefficient (Wildman–Crippen LogP) is 4.12. The summed E-state index contributed by atoms with van der Waals surface area (Å²) in [5.74, 6) is -1.97. The van der Waals surface area contributed by atoms with Crippen LogP contribution < -0.4 is 5.32 Å². The molecule has 1 amide bonds. The van der Waals surface area contributed by atoms with Gasteiger partial charge in [0.1, 0.15) is 5.75 Å². The van der Waals surface area contributed by atoms with E-state index in [2.05, 4.69) is 5.32 Å². The zero-order valence-electron chi connectivity index (χ0n) is 15.3. The first-order valence-electron chi connectivity index (χ1n) is 8.77. The van der Waals surface area contributed by atoms with Crippen molar-refractivity contribution in [3.8, 4) is 0 Å². The van der Waals surface area contributed by atoms with Gasteiger partial charge in [-0.25, -0.2) is 8.42 Å². The van der Waals surface area contributed by atoms with Crippen LogP contribution in [0.5, 0.6) is 0 Å². The lowest BCUT2D eigenvalue weighted by atomic mass is 10.0. The number of sulfone groups is 1. The Kier molecular flexibility index (Phi) is 6.46. The summed E-state index contributed by atoms with van der Waals surface area (Å²) < 4.78 is 24.7. The Morgan fingerprint density at radius 3 is 2.14 bits per heavy atom. The number of rotatable bonds is 7. The van der Waals surface area contributed by atoms with Crippen molar-refractivity contribution in [2.75, 3.05) is 11.1 Å². The predicted molar refractivity (Wildman–Crippen MR) is 114 cm³/mol. The molecule has 0 aliphatic heterocycles. The number of carbonyl (C=O) groups is 2. The van der Waals surface area contributed by atoms with Crippen molar-refractivity contribution in [1.82, 2.24) is 0 Å². The molecule has 0 saturated carbocycles. The minimum absolute atomic E-state index is 0.192. The molecule has 0 atom stereocenters. The Morgan fingerprint density at radius 1 is 0.862 bits per heavy atom. The maximum absolute atomic E-state index is 12.8. The highest BCUT2D eigenvalue weighted by molar-refractivity contribution is 7.91. The van der Waals surface area contributed by atoms with E-state index < -0.39 is 21.5 Å². The van der Waals surface area contributed by atoms with Gasteiger partial charge in [-0.15, -0.1) is 0 Å². The van der Waals surface area contributed by atoms with Crippen molar-refractivity contribution in [1.29, 1.82) is 0 Å². The van der Waals surface area contributed by atoms with E-state index in [0.29, 0.717) is 16.1 Å². The highest BCUT2D eigenvalue weighted by Gasteiger charge is 2.20. The number of hydrogen-bond donors (Lipinski definition) is 1. The average Bonchev–Trinajstić information content (AvgIpc) is 2.69. The van der Waals surface area contributed by atoms with E-state index in [1.807, 2.05) is 0 Å². The molecule has 0 bridgehead atoms. The normalized spacial score (nSPS) is 11.1. The van der Waals surface area contributed by atoms with E-state index in [1.54, 1.807) is 60.7 Å². The summed E-state index contributed by atoms with van der Waals surface area (Å²) in [7, 11) is -3.67. The average molecular weight is 428 g/mol. The molecule has 1 N–H and O–H groups in total. The molecule has 0 heterocycles. The SMILES string of the molecule is O=C(CS(=O)(=O)Cc1ccccc1)Nc1ccc(Cl)cc1C(=O)c1ccccc1. The zero-order chi connectivity index (χ0) is 20.9. The molecule has 7 heteroatoms. The monoisotopic (exact) mass is 427 g/mol. The number of ketones is 1. The quantitative estimate of drug-likeness (QED) is 0.575. The van der Waals surface area contributed by atoms with Crippen LogP contribution in [-0.2, 0) is 20.4 Å².